The summed E-state index contributed by atoms with van der Waals surface area (Å²) >= 11 is 1.45. The van der Waals surface area contributed by atoms with E-state index < -0.39 is 0 Å². The van der Waals surface area contributed by atoms with Crippen molar-refractivity contribution in [3.8, 4) is 0 Å². The summed E-state index contributed by atoms with van der Waals surface area (Å²) in [5.74, 6) is -0.643. The number of rotatable bonds is 4. The van der Waals surface area contributed by atoms with Gasteiger partial charge in [0.15, 0.2) is 0 Å². The third-order valence-corrected chi connectivity index (χ3v) is 5.39. The fourth-order valence-electron chi connectivity index (χ4n) is 3.20. The lowest BCUT2D eigenvalue weighted by Crippen LogP contribution is -2.32. The summed E-state index contributed by atoms with van der Waals surface area (Å²) in [6.07, 6.45) is 0. The number of carbonyl (C=O) groups excluding carboxylic acids is 2. The molecule has 0 unspecified atom stereocenters. The summed E-state index contributed by atoms with van der Waals surface area (Å²) in [5, 5.41) is 5.13. The van der Waals surface area contributed by atoms with Crippen LogP contribution >= 0.6 is 11.3 Å². The molecule has 1 N–H and O–H groups in total. The quantitative estimate of drug-likeness (QED) is 0.670. The van der Waals surface area contributed by atoms with Crippen molar-refractivity contribution in [3.05, 3.63) is 87.7 Å². The Morgan fingerprint density at radius 1 is 0.889 bits per heavy atom. The maximum absolute atomic E-state index is 13.2. The van der Waals surface area contributed by atoms with Gasteiger partial charge in [0, 0.05) is 10.6 Å². The molecule has 1 aliphatic rings. The van der Waals surface area contributed by atoms with Crippen LogP contribution in [0, 0.1) is 13.8 Å². The molecule has 0 bridgehead atoms. The lowest BCUT2D eigenvalue weighted by atomic mass is 10.1. The van der Waals surface area contributed by atoms with Gasteiger partial charge >= 0.3 is 0 Å². The van der Waals surface area contributed by atoms with Crippen molar-refractivity contribution >= 4 is 40.1 Å². The van der Waals surface area contributed by atoms with Crippen LogP contribution in [0.3, 0.4) is 0 Å². The molecule has 4 nitrogen and oxygen atoms in total. The number of hydrogen-bond donors (Lipinski definition) is 1. The first-order valence-corrected chi connectivity index (χ1v) is 9.50. The Hall–Kier alpha value is -3.18. The van der Waals surface area contributed by atoms with E-state index in [2.05, 4.69) is 5.32 Å². The highest BCUT2D eigenvalue weighted by molar-refractivity contribution is 7.11. The van der Waals surface area contributed by atoms with Crippen LogP contribution in [0.4, 0.5) is 11.4 Å². The third kappa shape index (κ3) is 3.06. The van der Waals surface area contributed by atoms with E-state index in [1.807, 2.05) is 67.8 Å². The van der Waals surface area contributed by atoms with E-state index in [9.17, 15) is 9.59 Å². The fourth-order valence-corrected chi connectivity index (χ4v) is 3.96. The molecular formula is C22H18N2O2S. The molecule has 27 heavy (non-hydrogen) atoms. The molecular weight excluding hydrogens is 356 g/mol. The normalized spacial score (nSPS) is 14.2. The number of aryl methyl sites for hydroxylation is 2. The standard InChI is InChI=1S/C22H18N2O2S/c1-14-10-11-17(15(2)13-14)23-20-19(18-9-6-12-27-18)21(25)24(22(20)26)16-7-4-3-5-8-16/h3-13,23H,1-2H3. The summed E-state index contributed by atoms with van der Waals surface area (Å²) in [6.45, 7) is 4.01. The minimum Gasteiger partial charge on any atom is -0.350 e. The van der Waals surface area contributed by atoms with E-state index in [1.54, 1.807) is 12.1 Å². The maximum atomic E-state index is 13.2. The molecule has 2 aromatic carbocycles. The van der Waals surface area contributed by atoms with Gasteiger partial charge in [0.2, 0.25) is 0 Å². The Balaban J connectivity index is 1.81. The van der Waals surface area contributed by atoms with Crippen molar-refractivity contribution < 1.29 is 9.59 Å². The first-order valence-electron chi connectivity index (χ1n) is 8.62. The van der Waals surface area contributed by atoms with Gasteiger partial charge in [0.05, 0.1) is 11.3 Å². The fraction of sp³-hybridized carbons (Fsp3) is 0.0909. The highest BCUT2D eigenvalue weighted by atomic mass is 32.1. The first kappa shape index (κ1) is 17.2. The van der Waals surface area contributed by atoms with Crippen LogP contribution in [0.2, 0.25) is 0 Å². The minimum atomic E-state index is -0.338. The summed E-state index contributed by atoms with van der Waals surface area (Å²) in [6, 6.07) is 18.7. The second-order valence-corrected chi connectivity index (χ2v) is 7.40. The number of hydrogen-bond acceptors (Lipinski definition) is 4. The van der Waals surface area contributed by atoms with Crippen molar-refractivity contribution in [2.24, 2.45) is 0 Å². The Bertz CT molecular complexity index is 1050. The molecule has 0 aliphatic carbocycles. The van der Waals surface area contributed by atoms with Gasteiger partial charge < -0.3 is 5.32 Å². The van der Waals surface area contributed by atoms with Gasteiger partial charge in [0.1, 0.15) is 5.70 Å². The molecule has 2 amide bonds. The molecule has 3 aromatic rings. The number of carbonyl (C=O) groups is 2. The van der Waals surface area contributed by atoms with Gasteiger partial charge in [-0.3, -0.25) is 9.59 Å². The SMILES string of the molecule is Cc1ccc(NC2=C(c3cccs3)C(=O)N(c3ccccc3)C2=O)c(C)c1. The molecule has 2 heterocycles. The average Bonchev–Trinajstić information content (AvgIpc) is 3.25. The van der Waals surface area contributed by atoms with Gasteiger partial charge in [0.25, 0.3) is 11.8 Å². The van der Waals surface area contributed by atoms with Crippen molar-refractivity contribution in [1.82, 2.24) is 0 Å². The Kier molecular flexibility index (Phi) is 4.38. The zero-order valence-electron chi connectivity index (χ0n) is 15.0. The number of imide groups is 1. The van der Waals surface area contributed by atoms with Crippen molar-refractivity contribution in [2.75, 3.05) is 10.2 Å². The highest BCUT2D eigenvalue weighted by Gasteiger charge is 2.40. The molecule has 4 rings (SSSR count). The van der Waals surface area contributed by atoms with Crippen LogP contribution in [0.15, 0.2) is 71.7 Å². The first-order chi connectivity index (χ1) is 13.1. The molecule has 0 spiro atoms. The predicted octanol–water partition coefficient (Wildman–Crippen LogP) is 4.76. The zero-order chi connectivity index (χ0) is 19.0. The highest BCUT2D eigenvalue weighted by Crippen LogP contribution is 2.35. The monoisotopic (exact) mass is 374 g/mol. The summed E-state index contributed by atoms with van der Waals surface area (Å²) in [7, 11) is 0. The molecule has 1 aliphatic heterocycles. The number of amides is 2. The van der Waals surface area contributed by atoms with E-state index in [4.69, 9.17) is 0 Å². The second kappa shape index (κ2) is 6.85. The lowest BCUT2D eigenvalue weighted by molar-refractivity contribution is -0.120. The predicted molar refractivity (Wildman–Crippen MR) is 110 cm³/mol. The Morgan fingerprint density at radius 3 is 2.33 bits per heavy atom. The zero-order valence-corrected chi connectivity index (χ0v) is 15.8. The van der Waals surface area contributed by atoms with Gasteiger partial charge in [-0.05, 0) is 49.1 Å². The summed E-state index contributed by atoms with van der Waals surface area (Å²) in [5.41, 5.74) is 4.29. The van der Waals surface area contributed by atoms with Gasteiger partial charge in [-0.1, -0.05) is 42.0 Å². The van der Waals surface area contributed by atoms with Crippen LogP contribution in [-0.2, 0) is 9.59 Å². The van der Waals surface area contributed by atoms with Crippen LogP contribution in [0.5, 0.6) is 0 Å². The van der Waals surface area contributed by atoms with Gasteiger partial charge in [-0.2, -0.15) is 0 Å². The second-order valence-electron chi connectivity index (χ2n) is 6.45. The number of thiophene rings is 1. The Labute approximate surface area is 161 Å². The maximum Gasteiger partial charge on any atom is 0.282 e. The molecule has 0 fully saturated rings. The van der Waals surface area contributed by atoms with Gasteiger partial charge in [-0.15, -0.1) is 11.3 Å². The van der Waals surface area contributed by atoms with Crippen molar-refractivity contribution in [3.63, 3.8) is 0 Å². The average molecular weight is 374 g/mol. The van der Waals surface area contributed by atoms with Crippen LogP contribution in [0.1, 0.15) is 16.0 Å². The van der Waals surface area contributed by atoms with Crippen molar-refractivity contribution in [2.45, 2.75) is 13.8 Å². The van der Waals surface area contributed by atoms with E-state index in [0.29, 0.717) is 17.0 Å². The number of nitrogens with zero attached hydrogens (tertiary/aromatic N) is 1. The molecule has 1 aromatic heterocycles. The molecule has 0 saturated heterocycles. The van der Waals surface area contributed by atoms with Crippen LogP contribution < -0.4 is 10.2 Å². The third-order valence-electron chi connectivity index (χ3n) is 4.51. The van der Waals surface area contributed by atoms with Crippen molar-refractivity contribution in [1.29, 1.82) is 0 Å². The van der Waals surface area contributed by atoms with Crippen LogP contribution in [-0.4, -0.2) is 11.8 Å². The molecule has 134 valence electrons. The molecule has 0 atom stereocenters. The summed E-state index contributed by atoms with van der Waals surface area (Å²) < 4.78 is 0. The summed E-state index contributed by atoms with van der Waals surface area (Å²) in [4.78, 5) is 28.4. The van der Waals surface area contributed by atoms with Gasteiger partial charge in [-0.25, -0.2) is 4.90 Å². The number of anilines is 2. The molecule has 0 saturated carbocycles. The van der Waals surface area contributed by atoms with E-state index in [-0.39, 0.29) is 11.8 Å². The van der Waals surface area contributed by atoms with E-state index in [0.717, 1.165) is 21.7 Å². The van der Waals surface area contributed by atoms with E-state index >= 15 is 0 Å². The minimum absolute atomic E-state index is 0.305. The smallest absolute Gasteiger partial charge is 0.282 e. The molecule has 5 heteroatoms. The molecule has 0 radical (unpaired) electrons. The largest absolute Gasteiger partial charge is 0.350 e. The lowest BCUT2D eigenvalue weighted by Gasteiger charge is -2.15. The number of nitrogens with one attached hydrogen (secondary N) is 1. The number of benzene rings is 2. The number of para-hydroxylation sites is 1. The van der Waals surface area contributed by atoms with E-state index in [1.165, 1.54) is 16.2 Å². The topological polar surface area (TPSA) is 49.4 Å². The van der Waals surface area contributed by atoms with Crippen LogP contribution in [0.25, 0.3) is 5.57 Å². The Morgan fingerprint density at radius 2 is 1.67 bits per heavy atom.